The number of furan rings is 1. The van der Waals surface area contributed by atoms with Crippen LogP contribution in [0.15, 0.2) is 59.0 Å². The van der Waals surface area contributed by atoms with E-state index in [1.807, 2.05) is 61.5 Å². The van der Waals surface area contributed by atoms with Crippen molar-refractivity contribution in [1.82, 2.24) is 0 Å². The van der Waals surface area contributed by atoms with E-state index in [-0.39, 0.29) is 6.61 Å². The van der Waals surface area contributed by atoms with Gasteiger partial charge in [0.25, 0.3) is 0 Å². The van der Waals surface area contributed by atoms with Crippen molar-refractivity contribution in [2.75, 3.05) is 13.7 Å². The van der Waals surface area contributed by atoms with Crippen LogP contribution in [0.2, 0.25) is 0 Å². The summed E-state index contributed by atoms with van der Waals surface area (Å²) < 4.78 is 11.1. The summed E-state index contributed by atoms with van der Waals surface area (Å²) in [5.41, 5.74) is 1.39. The van der Waals surface area contributed by atoms with Crippen LogP contribution in [0.3, 0.4) is 0 Å². The normalized spacial score (nSPS) is 14.2. The fourth-order valence-electron chi connectivity index (χ4n) is 2.59. The standard InChI is InChI=1S/C18H18O3/c1-13-8-9-16-14(10-13)11-17(21-16)18(19,12-20-2)15-6-4-3-5-7-15/h3-11,19H,12H2,1-2H3. The Kier molecular flexibility index (Phi) is 3.53. The van der Waals surface area contributed by atoms with Gasteiger partial charge in [0.05, 0.1) is 6.61 Å². The van der Waals surface area contributed by atoms with Crippen molar-refractivity contribution in [2.24, 2.45) is 0 Å². The monoisotopic (exact) mass is 282 g/mol. The van der Waals surface area contributed by atoms with Crippen LogP contribution in [0.1, 0.15) is 16.9 Å². The van der Waals surface area contributed by atoms with Gasteiger partial charge < -0.3 is 14.3 Å². The second-order valence-electron chi connectivity index (χ2n) is 5.31. The zero-order valence-corrected chi connectivity index (χ0v) is 12.2. The van der Waals surface area contributed by atoms with Crippen molar-refractivity contribution in [3.63, 3.8) is 0 Å². The van der Waals surface area contributed by atoms with Crippen LogP contribution in [0.4, 0.5) is 0 Å². The molecule has 3 aromatic rings. The van der Waals surface area contributed by atoms with E-state index in [9.17, 15) is 5.11 Å². The molecule has 21 heavy (non-hydrogen) atoms. The summed E-state index contributed by atoms with van der Waals surface area (Å²) in [5, 5.41) is 12.1. The molecule has 0 saturated carbocycles. The molecule has 1 unspecified atom stereocenters. The molecule has 1 N–H and O–H groups in total. The fourth-order valence-corrected chi connectivity index (χ4v) is 2.59. The van der Waals surface area contributed by atoms with Gasteiger partial charge >= 0.3 is 0 Å². The molecule has 3 heteroatoms. The lowest BCUT2D eigenvalue weighted by Crippen LogP contribution is -2.32. The molecule has 0 fully saturated rings. The summed E-state index contributed by atoms with van der Waals surface area (Å²) in [6.07, 6.45) is 0. The van der Waals surface area contributed by atoms with E-state index in [0.717, 1.165) is 22.1 Å². The number of rotatable bonds is 4. The Morgan fingerprint density at radius 1 is 1.10 bits per heavy atom. The molecule has 1 heterocycles. The topological polar surface area (TPSA) is 42.6 Å². The van der Waals surface area contributed by atoms with Crippen LogP contribution in [-0.4, -0.2) is 18.8 Å². The summed E-state index contributed by atoms with van der Waals surface area (Å²) in [6, 6.07) is 17.3. The van der Waals surface area contributed by atoms with Gasteiger partial charge in [-0.05, 0) is 30.7 Å². The van der Waals surface area contributed by atoms with Crippen LogP contribution in [-0.2, 0) is 10.3 Å². The Balaban J connectivity index is 2.15. The molecule has 108 valence electrons. The number of hydrogen-bond donors (Lipinski definition) is 1. The molecule has 2 aromatic carbocycles. The van der Waals surface area contributed by atoms with E-state index in [1.165, 1.54) is 0 Å². The highest BCUT2D eigenvalue weighted by Crippen LogP contribution is 2.34. The third-order valence-corrected chi connectivity index (χ3v) is 3.68. The van der Waals surface area contributed by atoms with Gasteiger partial charge in [-0.15, -0.1) is 0 Å². The molecule has 0 bridgehead atoms. The van der Waals surface area contributed by atoms with Crippen molar-refractivity contribution in [1.29, 1.82) is 0 Å². The highest BCUT2D eigenvalue weighted by Gasteiger charge is 2.35. The van der Waals surface area contributed by atoms with Crippen LogP contribution in [0.25, 0.3) is 11.0 Å². The SMILES string of the molecule is COCC(O)(c1ccccc1)c1cc2cc(C)ccc2o1. The van der Waals surface area contributed by atoms with Crippen LogP contribution < -0.4 is 0 Å². The first-order valence-electron chi connectivity index (χ1n) is 6.91. The molecule has 1 atom stereocenters. The van der Waals surface area contributed by atoms with Crippen molar-refractivity contribution in [3.8, 4) is 0 Å². The summed E-state index contributed by atoms with van der Waals surface area (Å²) in [7, 11) is 1.57. The van der Waals surface area contributed by atoms with Gasteiger partial charge in [-0.1, -0.05) is 42.0 Å². The van der Waals surface area contributed by atoms with Gasteiger partial charge in [0.15, 0.2) is 5.60 Å². The highest BCUT2D eigenvalue weighted by molar-refractivity contribution is 5.79. The summed E-state index contributed by atoms with van der Waals surface area (Å²) in [6.45, 7) is 2.17. The number of hydrogen-bond acceptors (Lipinski definition) is 3. The van der Waals surface area contributed by atoms with Crippen molar-refractivity contribution in [3.05, 3.63) is 71.5 Å². The molecule has 1 aromatic heterocycles. The molecule has 3 rings (SSSR count). The maximum absolute atomic E-state index is 11.1. The largest absolute Gasteiger partial charge is 0.458 e. The highest BCUT2D eigenvalue weighted by atomic mass is 16.5. The lowest BCUT2D eigenvalue weighted by atomic mass is 9.92. The minimum Gasteiger partial charge on any atom is -0.458 e. The number of fused-ring (bicyclic) bond motifs is 1. The van der Waals surface area contributed by atoms with E-state index in [2.05, 4.69) is 0 Å². The van der Waals surface area contributed by atoms with E-state index in [0.29, 0.717) is 5.76 Å². The quantitative estimate of drug-likeness (QED) is 0.794. The predicted molar refractivity (Wildman–Crippen MR) is 82.3 cm³/mol. The summed E-state index contributed by atoms with van der Waals surface area (Å²) in [5.74, 6) is 0.496. The Morgan fingerprint density at radius 2 is 1.86 bits per heavy atom. The third kappa shape index (κ3) is 2.46. The third-order valence-electron chi connectivity index (χ3n) is 3.68. The van der Waals surface area contributed by atoms with Crippen molar-refractivity contribution in [2.45, 2.75) is 12.5 Å². The molecule has 3 nitrogen and oxygen atoms in total. The first-order chi connectivity index (χ1) is 10.1. The van der Waals surface area contributed by atoms with Gasteiger partial charge in [-0.2, -0.15) is 0 Å². The van der Waals surface area contributed by atoms with Gasteiger partial charge in [-0.3, -0.25) is 0 Å². The Morgan fingerprint density at radius 3 is 2.57 bits per heavy atom. The second-order valence-corrected chi connectivity index (χ2v) is 5.31. The summed E-state index contributed by atoms with van der Waals surface area (Å²) in [4.78, 5) is 0. The molecule has 0 aliphatic heterocycles. The van der Waals surface area contributed by atoms with E-state index in [1.54, 1.807) is 7.11 Å². The smallest absolute Gasteiger partial charge is 0.170 e. The lowest BCUT2D eigenvalue weighted by molar-refractivity contribution is -0.0174. The van der Waals surface area contributed by atoms with Gasteiger partial charge in [0, 0.05) is 12.5 Å². The fraction of sp³-hybridized carbons (Fsp3) is 0.222. The van der Waals surface area contributed by atoms with Crippen molar-refractivity contribution >= 4 is 11.0 Å². The number of benzene rings is 2. The molecule has 0 radical (unpaired) electrons. The zero-order chi connectivity index (χ0) is 14.9. The lowest BCUT2D eigenvalue weighted by Gasteiger charge is -2.25. The Labute approximate surface area is 123 Å². The molecule has 0 spiro atoms. The second kappa shape index (κ2) is 5.35. The van der Waals surface area contributed by atoms with Crippen molar-refractivity contribution < 1.29 is 14.3 Å². The minimum atomic E-state index is -1.29. The molecule has 0 aliphatic rings. The van der Waals surface area contributed by atoms with E-state index >= 15 is 0 Å². The average Bonchev–Trinajstić information content (AvgIpc) is 2.92. The zero-order valence-electron chi connectivity index (χ0n) is 12.2. The van der Waals surface area contributed by atoms with Crippen LogP contribution >= 0.6 is 0 Å². The number of methoxy groups -OCH3 is 1. The van der Waals surface area contributed by atoms with Gasteiger partial charge in [0.1, 0.15) is 11.3 Å². The van der Waals surface area contributed by atoms with Crippen LogP contribution in [0, 0.1) is 6.92 Å². The number of aliphatic hydroxyl groups is 1. The molecule has 0 saturated heterocycles. The van der Waals surface area contributed by atoms with Gasteiger partial charge in [-0.25, -0.2) is 0 Å². The summed E-state index contributed by atoms with van der Waals surface area (Å²) >= 11 is 0. The number of aryl methyl sites for hydroxylation is 1. The first kappa shape index (κ1) is 13.9. The molecular weight excluding hydrogens is 264 g/mol. The predicted octanol–water partition coefficient (Wildman–Crippen LogP) is 3.62. The molecule has 0 amide bonds. The maximum atomic E-state index is 11.1. The minimum absolute atomic E-state index is 0.135. The maximum Gasteiger partial charge on any atom is 0.170 e. The Bertz CT molecular complexity index is 746. The Hall–Kier alpha value is -2.10. The first-order valence-corrected chi connectivity index (χ1v) is 6.91. The van der Waals surface area contributed by atoms with Crippen LogP contribution in [0.5, 0.6) is 0 Å². The average molecular weight is 282 g/mol. The van der Waals surface area contributed by atoms with E-state index in [4.69, 9.17) is 9.15 Å². The molecule has 0 aliphatic carbocycles. The molecular formula is C18H18O3. The van der Waals surface area contributed by atoms with Gasteiger partial charge in [0.2, 0.25) is 0 Å². The van der Waals surface area contributed by atoms with E-state index < -0.39 is 5.60 Å². The number of ether oxygens (including phenoxy) is 1.